The first kappa shape index (κ1) is 14.1. The van der Waals surface area contributed by atoms with Gasteiger partial charge in [-0.05, 0) is 55.3 Å². The normalized spacial score (nSPS) is 10.2. The monoisotopic (exact) mass is 270 g/mol. The van der Waals surface area contributed by atoms with E-state index in [2.05, 4.69) is 5.32 Å². The second kappa shape index (κ2) is 6.21. The molecule has 0 aliphatic heterocycles. The number of benzene rings is 2. The minimum atomic E-state index is -0.215. The average Bonchev–Trinajstić information content (AvgIpc) is 2.45. The first-order valence-corrected chi connectivity index (χ1v) is 6.43. The molecule has 20 heavy (non-hydrogen) atoms. The van der Waals surface area contributed by atoms with Crippen LogP contribution in [0.2, 0.25) is 0 Å². The highest BCUT2D eigenvalue weighted by atomic mass is 16.5. The predicted molar refractivity (Wildman–Crippen MR) is 80.1 cm³/mol. The van der Waals surface area contributed by atoms with E-state index >= 15 is 0 Å². The van der Waals surface area contributed by atoms with Crippen LogP contribution in [-0.4, -0.2) is 12.5 Å². The number of nitrogens with two attached hydrogens (primary N) is 1. The number of carbonyl (C=O) groups excluding carboxylic acids is 1. The van der Waals surface area contributed by atoms with Gasteiger partial charge in [0.05, 0.1) is 6.54 Å². The molecule has 0 atom stereocenters. The van der Waals surface area contributed by atoms with Crippen LogP contribution < -0.4 is 15.8 Å². The topological polar surface area (TPSA) is 64.3 Å². The summed E-state index contributed by atoms with van der Waals surface area (Å²) in [4.78, 5) is 11.2. The average molecular weight is 270 g/mol. The summed E-state index contributed by atoms with van der Waals surface area (Å²) in [5.41, 5.74) is 8.18. The van der Waals surface area contributed by atoms with Crippen LogP contribution in [0.1, 0.15) is 11.1 Å². The molecule has 1 amide bonds. The number of ether oxygens (including phenoxy) is 1. The largest absolute Gasteiger partial charge is 0.457 e. The number of rotatable bonds is 4. The SMILES string of the molecule is Cc1ccc(C)c(Oc2ccc(NC(=O)CN)cc2)c1. The van der Waals surface area contributed by atoms with Crippen molar-refractivity contribution in [3.05, 3.63) is 53.6 Å². The third-order valence-electron chi connectivity index (χ3n) is 2.89. The fourth-order valence-electron chi connectivity index (χ4n) is 1.76. The van der Waals surface area contributed by atoms with Gasteiger partial charge in [0.2, 0.25) is 5.91 Å². The molecule has 0 unspecified atom stereocenters. The Morgan fingerprint density at radius 2 is 1.85 bits per heavy atom. The molecule has 4 heteroatoms. The van der Waals surface area contributed by atoms with E-state index in [1.165, 1.54) is 0 Å². The van der Waals surface area contributed by atoms with Gasteiger partial charge in [0.25, 0.3) is 0 Å². The smallest absolute Gasteiger partial charge is 0.238 e. The maximum atomic E-state index is 11.2. The van der Waals surface area contributed by atoms with Crippen molar-refractivity contribution in [2.45, 2.75) is 13.8 Å². The molecular formula is C16H18N2O2. The first-order valence-electron chi connectivity index (χ1n) is 6.43. The van der Waals surface area contributed by atoms with Crippen LogP contribution in [0.4, 0.5) is 5.69 Å². The van der Waals surface area contributed by atoms with Gasteiger partial charge in [0.15, 0.2) is 0 Å². The summed E-state index contributed by atoms with van der Waals surface area (Å²) in [7, 11) is 0. The number of carbonyl (C=O) groups is 1. The Balaban J connectivity index is 2.10. The summed E-state index contributed by atoms with van der Waals surface area (Å²) in [6, 6.07) is 13.3. The summed E-state index contributed by atoms with van der Waals surface area (Å²) < 4.78 is 5.84. The fourth-order valence-corrected chi connectivity index (χ4v) is 1.76. The second-order valence-corrected chi connectivity index (χ2v) is 4.65. The van der Waals surface area contributed by atoms with Gasteiger partial charge in [-0.15, -0.1) is 0 Å². The van der Waals surface area contributed by atoms with Gasteiger partial charge in [-0.2, -0.15) is 0 Å². The predicted octanol–water partition coefficient (Wildman–Crippen LogP) is 2.99. The molecule has 4 nitrogen and oxygen atoms in total. The molecule has 0 aliphatic carbocycles. The Bertz CT molecular complexity index is 606. The van der Waals surface area contributed by atoms with Crippen LogP contribution in [0.3, 0.4) is 0 Å². The maximum Gasteiger partial charge on any atom is 0.238 e. The van der Waals surface area contributed by atoms with Crippen LogP contribution in [0, 0.1) is 13.8 Å². The molecule has 0 fully saturated rings. The first-order chi connectivity index (χ1) is 9.58. The molecule has 3 N–H and O–H groups in total. The Hall–Kier alpha value is -2.33. The third kappa shape index (κ3) is 3.59. The van der Waals surface area contributed by atoms with Crippen molar-refractivity contribution >= 4 is 11.6 Å². The highest BCUT2D eigenvalue weighted by Gasteiger charge is 2.03. The molecule has 0 heterocycles. The minimum Gasteiger partial charge on any atom is -0.457 e. The molecule has 2 rings (SSSR count). The lowest BCUT2D eigenvalue weighted by Gasteiger charge is -2.10. The minimum absolute atomic E-state index is 0.0270. The Morgan fingerprint density at radius 1 is 1.15 bits per heavy atom. The van der Waals surface area contributed by atoms with E-state index in [1.54, 1.807) is 12.1 Å². The van der Waals surface area contributed by atoms with E-state index in [9.17, 15) is 4.79 Å². The van der Waals surface area contributed by atoms with Crippen LogP contribution in [0.15, 0.2) is 42.5 Å². The molecule has 2 aromatic rings. The van der Waals surface area contributed by atoms with Crippen molar-refractivity contribution < 1.29 is 9.53 Å². The standard InChI is InChI=1S/C16H18N2O2/c1-11-3-4-12(2)15(9-11)20-14-7-5-13(6-8-14)18-16(19)10-17/h3-9H,10,17H2,1-2H3,(H,18,19). The van der Waals surface area contributed by atoms with Gasteiger partial charge in [0.1, 0.15) is 11.5 Å². The Labute approximate surface area is 118 Å². The van der Waals surface area contributed by atoms with E-state index < -0.39 is 0 Å². The second-order valence-electron chi connectivity index (χ2n) is 4.65. The number of anilines is 1. The number of nitrogens with one attached hydrogen (secondary N) is 1. The fraction of sp³-hybridized carbons (Fsp3) is 0.188. The van der Waals surface area contributed by atoms with Crippen molar-refractivity contribution in [3.63, 3.8) is 0 Å². The molecule has 104 valence electrons. The highest BCUT2D eigenvalue weighted by molar-refractivity contribution is 5.92. The van der Waals surface area contributed by atoms with Gasteiger partial charge in [-0.1, -0.05) is 12.1 Å². The van der Waals surface area contributed by atoms with E-state index in [1.807, 2.05) is 44.2 Å². The van der Waals surface area contributed by atoms with Crippen molar-refractivity contribution in [2.75, 3.05) is 11.9 Å². The zero-order chi connectivity index (χ0) is 14.5. The molecule has 0 bridgehead atoms. The van der Waals surface area contributed by atoms with E-state index in [0.717, 1.165) is 22.6 Å². The molecule has 0 aromatic heterocycles. The van der Waals surface area contributed by atoms with E-state index in [0.29, 0.717) is 5.69 Å². The zero-order valence-corrected chi connectivity index (χ0v) is 11.6. The van der Waals surface area contributed by atoms with Gasteiger partial charge < -0.3 is 15.8 Å². The number of aryl methyl sites for hydroxylation is 2. The van der Waals surface area contributed by atoms with E-state index in [-0.39, 0.29) is 12.5 Å². The number of amides is 1. The summed E-state index contributed by atoms with van der Waals surface area (Å²) in [5, 5.41) is 2.68. The molecule has 0 aliphatic rings. The molecule has 2 aromatic carbocycles. The lowest BCUT2D eigenvalue weighted by molar-refractivity contribution is -0.114. The quantitative estimate of drug-likeness (QED) is 0.897. The number of hydrogen-bond donors (Lipinski definition) is 2. The zero-order valence-electron chi connectivity index (χ0n) is 11.6. The van der Waals surface area contributed by atoms with E-state index in [4.69, 9.17) is 10.5 Å². The molecule has 0 radical (unpaired) electrons. The summed E-state index contributed by atoms with van der Waals surface area (Å²) in [6.45, 7) is 4.00. The molecular weight excluding hydrogens is 252 g/mol. The van der Waals surface area contributed by atoms with Crippen LogP contribution in [0.25, 0.3) is 0 Å². The van der Waals surface area contributed by atoms with Crippen LogP contribution in [-0.2, 0) is 4.79 Å². The molecule has 0 spiro atoms. The van der Waals surface area contributed by atoms with Gasteiger partial charge in [-0.3, -0.25) is 4.79 Å². The summed E-state index contributed by atoms with van der Waals surface area (Å²) in [5.74, 6) is 1.35. The lowest BCUT2D eigenvalue weighted by Crippen LogP contribution is -2.21. The maximum absolute atomic E-state index is 11.2. The van der Waals surface area contributed by atoms with Crippen molar-refractivity contribution in [1.29, 1.82) is 0 Å². The van der Waals surface area contributed by atoms with Gasteiger partial charge in [0, 0.05) is 5.69 Å². The Kier molecular flexibility index (Phi) is 4.38. The van der Waals surface area contributed by atoms with Crippen molar-refractivity contribution in [3.8, 4) is 11.5 Å². The Morgan fingerprint density at radius 3 is 2.50 bits per heavy atom. The molecule has 0 saturated heterocycles. The lowest BCUT2D eigenvalue weighted by atomic mass is 10.1. The van der Waals surface area contributed by atoms with Crippen LogP contribution >= 0.6 is 0 Å². The third-order valence-corrected chi connectivity index (χ3v) is 2.89. The summed E-state index contributed by atoms with van der Waals surface area (Å²) >= 11 is 0. The molecule has 0 saturated carbocycles. The highest BCUT2D eigenvalue weighted by Crippen LogP contribution is 2.26. The van der Waals surface area contributed by atoms with Gasteiger partial charge >= 0.3 is 0 Å². The van der Waals surface area contributed by atoms with Crippen LogP contribution in [0.5, 0.6) is 11.5 Å². The van der Waals surface area contributed by atoms with Gasteiger partial charge in [-0.25, -0.2) is 0 Å². The van der Waals surface area contributed by atoms with Crippen molar-refractivity contribution in [1.82, 2.24) is 0 Å². The van der Waals surface area contributed by atoms with Crippen molar-refractivity contribution in [2.24, 2.45) is 5.73 Å². The summed E-state index contributed by atoms with van der Waals surface area (Å²) in [6.07, 6.45) is 0. The number of hydrogen-bond acceptors (Lipinski definition) is 3.